The van der Waals surface area contributed by atoms with Gasteiger partial charge in [0.2, 0.25) is 0 Å². The fraction of sp³-hybridized carbons (Fsp3) is 1.00. The highest BCUT2D eigenvalue weighted by Crippen LogP contribution is 2.46. The van der Waals surface area contributed by atoms with Gasteiger partial charge in [0, 0.05) is 0 Å². The molecule has 0 fully saturated rings. The van der Waals surface area contributed by atoms with Crippen LogP contribution in [0.25, 0.3) is 0 Å². The number of unbranched alkanes of at least 4 members (excludes halogenated alkanes) is 7. The average Bonchev–Trinajstić information content (AvgIpc) is 2.38. The van der Waals surface area contributed by atoms with Gasteiger partial charge in [0.25, 0.3) is 0 Å². The summed E-state index contributed by atoms with van der Waals surface area (Å²) in [4.78, 5) is 0. The lowest BCUT2D eigenvalue weighted by Crippen LogP contribution is -2.13. The first-order chi connectivity index (χ1) is 8.24. The minimum atomic E-state index is 0.419. The number of hydrogen-bond donors (Lipinski definition) is 0. The standard InChI is InChI=1S/C14H30S3/c1-5-6-7-8-9-10-11-12-13-14(15-2,16-3)17-4/h5-13H2,1-4H3. The lowest BCUT2D eigenvalue weighted by atomic mass is 10.1. The molecule has 0 nitrogen and oxygen atoms in total. The fourth-order valence-electron chi connectivity index (χ4n) is 2.03. The van der Waals surface area contributed by atoms with Crippen LogP contribution in [0.4, 0.5) is 0 Å². The third kappa shape index (κ3) is 8.72. The number of rotatable bonds is 12. The van der Waals surface area contributed by atoms with Crippen molar-refractivity contribution >= 4 is 35.3 Å². The van der Waals surface area contributed by atoms with Crippen LogP contribution in [-0.2, 0) is 0 Å². The minimum absolute atomic E-state index is 0.419. The van der Waals surface area contributed by atoms with Gasteiger partial charge in [-0.15, -0.1) is 35.3 Å². The fourth-order valence-corrected chi connectivity index (χ4v) is 5.08. The highest BCUT2D eigenvalue weighted by molar-refractivity contribution is 8.33. The molecule has 0 rings (SSSR count). The molecular formula is C14H30S3. The van der Waals surface area contributed by atoms with E-state index in [1.807, 2.05) is 35.3 Å². The summed E-state index contributed by atoms with van der Waals surface area (Å²) >= 11 is 6.05. The van der Waals surface area contributed by atoms with Gasteiger partial charge >= 0.3 is 0 Å². The molecule has 0 atom stereocenters. The van der Waals surface area contributed by atoms with E-state index >= 15 is 0 Å². The van der Waals surface area contributed by atoms with Crippen LogP contribution in [-0.4, -0.2) is 22.2 Å². The Labute approximate surface area is 122 Å². The van der Waals surface area contributed by atoms with E-state index in [9.17, 15) is 0 Å². The van der Waals surface area contributed by atoms with E-state index in [4.69, 9.17) is 0 Å². The first kappa shape index (κ1) is 18.0. The summed E-state index contributed by atoms with van der Waals surface area (Å²) in [7, 11) is 0. The predicted octanol–water partition coefficient (Wildman–Crippen LogP) is 6.26. The van der Waals surface area contributed by atoms with Crippen LogP contribution in [0.2, 0.25) is 0 Å². The summed E-state index contributed by atoms with van der Waals surface area (Å²) in [6.45, 7) is 2.28. The largest absolute Gasteiger partial charge is 0.137 e. The lowest BCUT2D eigenvalue weighted by Gasteiger charge is -2.27. The molecule has 0 saturated heterocycles. The van der Waals surface area contributed by atoms with E-state index in [-0.39, 0.29) is 0 Å². The van der Waals surface area contributed by atoms with E-state index in [2.05, 4.69) is 25.7 Å². The van der Waals surface area contributed by atoms with Crippen molar-refractivity contribution in [1.29, 1.82) is 0 Å². The van der Waals surface area contributed by atoms with E-state index in [1.165, 1.54) is 57.8 Å². The SMILES string of the molecule is CCCCCCCCCCC(SC)(SC)SC. The molecule has 104 valence electrons. The van der Waals surface area contributed by atoms with Crippen molar-refractivity contribution in [2.24, 2.45) is 0 Å². The normalized spacial score (nSPS) is 12.0. The molecule has 0 heterocycles. The zero-order valence-electron chi connectivity index (χ0n) is 12.1. The maximum absolute atomic E-state index is 2.28. The van der Waals surface area contributed by atoms with Crippen molar-refractivity contribution in [3.63, 3.8) is 0 Å². The molecule has 0 N–H and O–H groups in total. The summed E-state index contributed by atoms with van der Waals surface area (Å²) in [5.41, 5.74) is 0. The molecule has 0 unspecified atom stereocenters. The van der Waals surface area contributed by atoms with Crippen LogP contribution >= 0.6 is 35.3 Å². The van der Waals surface area contributed by atoms with Crippen molar-refractivity contribution in [1.82, 2.24) is 0 Å². The summed E-state index contributed by atoms with van der Waals surface area (Å²) in [5, 5.41) is 0. The van der Waals surface area contributed by atoms with Crippen LogP contribution in [0, 0.1) is 0 Å². The Kier molecular flexibility index (Phi) is 12.9. The van der Waals surface area contributed by atoms with Crippen LogP contribution < -0.4 is 0 Å². The van der Waals surface area contributed by atoms with Gasteiger partial charge in [-0.1, -0.05) is 58.3 Å². The second-order valence-corrected chi connectivity index (χ2v) is 8.61. The summed E-state index contributed by atoms with van der Waals surface area (Å²) < 4.78 is 0.419. The molecule has 0 aromatic rings. The molecule has 0 bridgehead atoms. The van der Waals surface area contributed by atoms with Gasteiger partial charge in [-0.3, -0.25) is 0 Å². The van der Waals surface area contributed by atoms with Gasteiger partial charge in [0.15, 0.2) is 0 Å². The number of thioether (sulfide) groups is 3. The predicted molar refractivity (Wildman–Crippen MR) is 90.5 cm³/mol. The smallest absolute Gasteiger partial charge is 0.106 e. The monoisotopic (exact) mass is 294 g/mol. The van der Waals surface area contributed by atoms with Gasteiger partial charge in [0.05, 0.1) is 0 Å². The van der Waals surface area contributed by atoms with Crippen molar-refractivity contribution in [2.75, 3.05) is 18.8 Å². The molecule has 0 aliphatic rings. The molecule has 0 aromatic carbocycles. The Morgan fingerprint density at radius 1 is 0.647 bits per heavy atom. The zero-order valence-corrected chi connectivity index (χ0v) is 14.5. The van der Waals surface area contributed by atoms with Crippen molar-refractivity contribution in [3.8, 4) is 0 Å². The van der Waals surface area contributed by atoms with E-state index < -0.39 is 0 Å². The van der Waals surface area contributed by atoms with E-state index in [0.717, 1.165) is 0 Å². The molecule has 0 spiro atoms. The van der Waals surface area contributed by atoms with Gasteiger partial charge in [-0.25, -0.2) is 0 Å². The number of hydrogen-bond acceptors (Lipinski definition) is 3. The Balaban J connectivity index is 3.43. The van der Waals surface area contributed by atoms with Gasteiger partial charge in [0.1, 0.15) is 3.41 Å². The maximum atomic E-state index is 2.28. The first-order valence-electron chi connectivity index (χ1n) is 6.90. The molecule has 3 heteroatoms. The van der Waals surface area contributed by atoms with Crippen LogP contribution in [0.5, 0.6) is 0 Å². The summed E-state index contributed by atoms with van der Waals surface area (Å²) in [6, 6.07) is 0. The lowest BCUT2D eigenvalue weighted by molar-refractivity contribution is 0.569. The third-order valence-electron chi connectivity index (χ3n) is 3.27. The second kappa shape index (κ2) is 12.1. The second-order valence-electron chi connectivity index (χ2n) is 4.52. The molecule has 0 amide bonds. The molecule has 0 aliphatic carbocycles. The van der Waals surface area contributed by atoms with Crippen LogP contribution in [0.15, 0.2) is 0 Å². The highest BCUT2D eigenvalue weighted by Gasteiger charge is 2.25. The molecule has 0 saturated carbocycles. The Morgan fingerprint density at radius 3 is 1.47 bits per heavy atom. The molecule has 17 heavy (non-hydrogen) atoms. The zero-order chi connectivity index (χ0) is 13.0. The quantitative estimate of drug-likeness (QED) is 0.308. The van der Waals surface area contributed by atoms with Gasteiger partial charge in [-0.05, 0) is 25.2 Å². The highest BCUT2D eigenvalue weighted by atomic mass is 32.3. The first-order valence-corrected chi connectivity index (χ1v) is 10.6. The molecular weight excluding hydrogens is 264 g/mol. The topological polar surface area (TPSA) is 0 Å². The minimum Gasteiger partial charge on any atom is -0.137 e. The average molecular weight is 295 g/mol. The van der Waals surface area contributed by atoms with Crippen molar-refractivity contribution in [2.45, 2.75) is 68.1 Å². The van der Waals surface area contributed by atoms with Crippen molar-refractivity contribution in [3.05, 3.63) is 0 Å². The van der Waals surface area contributed by atoms with Gasteiger partial charge in [-0.2, -0.15) is 0 Å². The van der Waals surface area contributed by atoms with E-state index in [0.29, 0.717) is 3.41 Å². The molecule has 0 radical (unpaired) electrons. The maximum Gasteiger partial charge on any atom is 0.106 e. The summed E-state index contributed by atoms with van der Waals surface area (Å²) in [6.07, 6.45) is 19.5. The Morgan fingerprint density at radius 2 is 1.06 bits per heavy atom. The van der Waals surface area contributed by atoms with Crippen LogP contribution in [0.3, 0.4) is 0 Å². The Bertz CT molecular complexity index is 147. The van der Waals surface area contributed by atoms with Gasteiger partial charge < -0.3 is 0 Å². The Hall–Kier alpha value is 1.05. The van der Waals surface area contributed by atoms with E-state index in [1.54, 1.807) is 0 Å². The molecule has 0 aromatic heterocycles. The van der Waals surface area contributed by atoms with Crippen LogP contribution in [0.1, 0.15) is 64.7 Å². The van der Waals surface area contributed by atoms with Crippen molar-refractivity contribution < 1.29 is 0 Å². The molecule has 0 aliphatic heterocycles. The third-order valence-corrected chi connectivity index (χ3v) is 8.75. The summed E-state index contributed by atoms with van der Waals surface area (Å²) in [5.74, 6) is 0.